The molecule has 1 saturated heterocycles. The number of likely N-dealkylation sites (tertiary alicyclic amines) is 1. The second kappa shape index (κ2) is 11.3. The van der Waals surface area contributed by atoms with Crippen molar-refractivity contribution in [3.63, 3.8) is 0 Å². The predicted molar refractivity (Wildman–Crippen MR) is 138 cm³/mol. The molecule has 4 aromatic rings. The number of nitrogens with zero attached hydrogens (tertiary/aromatic N) is 7. The third kappa shape index (κ3) is 5.67. The van der Waals surface area contributed by atoms with Gasteiger partial charge in [-0.1, -0.05) is 13.0 Å². The maximum absolute atomic E-state index is 14.1. The van der Waals surface area contributed by atoms with Crippen molar-refractivity contribution in [1.29, 1.82) is 0 Å². The number of carbonyl (C=O) groups excluding carboxylic acids is 1. The van der Waals surface area contributed by atoms with Gasteiger partial charge >= 0.3 is 0 Å². The summed E-state index contributed by atoms with van der Waals surface area (Å²) in [7, 11) is 0. The largest absolute Gasteiger partial charge is 0.414 e. The number of benzene rings is 1. The molecule has 11 heteroatoms. The zero-order chi connectivity index (χ0) is 27.5. The quantitative estimate of drug-likeness (QED) is 0.334. The number of hydrogen-bond acceptors (Lipinski definition) is 8. The van der Waals surface area contributed by atoms with E-state index in [-0.39, 0.29) is 29.7 Å². The highest BCUT2D eigenvalue weighted by Gasteiger charge is 2.30. The van der Waals surface area contributed by atoms with E-state index in [2.05, 4.69) is 32.1 Å². The van der Waals surface area contributed by atoms with Crippen molar-refractivity contribution >= 4 is 5.91 Å². The van der Waals surface area contributed by atoms with E-state index in [1.54, 1.807) is 17.2 Å². The Bertz CT molecular complexity index is 1480. The van der Waals surface area contributed by atoms with E-state index >= 15 is 0 Å². The summed E-state index contributed by atoms with van der Waals surface area (Å²) in [4.78, 5) is 32.6. The molecule has 39 heavy (non-hydrogen) atoms. The predicted octanol–water partition coefficient (Wildman–Crippen LogP) is 4.78. The monoisotopic (exact) mass is 533 g/mol. The van der Waals surface area contributed by atoms with Crippen LogP contribution in [0.5, 0.6) is 0 Å². The summed E-state index contributed by atoms with van der Waals surface area (Å²) in [6.45, 7) is 6.65. The maximum atomic E-state index is 14.1. The van der Waals surface area contributed by atoms with Gasteiger partial charge in [-0.2, -0.15) is 0 Å². The van der Waals surface area contributed by atoms with E-state index < -0.39 is 11.6 Å². The number of aryl methyl sites for hydroxylation is 3. The number of halogens is 2. The standard InChI is InChI=1S/C28H29F2N7O2/c1-4-6-23-31-12-9-22(34-23)27-35-36-28(39-27)25-16(2)32-17(3)33-26(25)18-10-13-37(14-11-18)24(38)15-19-20(29)7-5-8-21(19)30/h5,7-9,12,18H,4,6,10-11,13-15H2,1-3H3. The smallest absolute Gasteiger partial charge is 0.266 e. The van der Waals surface area contributed by atoms with Crippen molar-refractivity contribution in [3.8, 4) is 23.0 Å². The molecule has 1 aliphatic rings. The number of amides is 1. The molecule has 1 fully saturated rings. The fourth-order valence-electron chi connectivity index (χ4n) is 4.96. The number of rotatable bonds is 7. The summed E-state index contributed by atoms with van der Waals surface area (Å²) in [5.41, 5.74) is 2.54. The lowest BCUT2D eigenvalue weighted by Crippen LogP contribution is -2.39. The van der Waals surface area contributed by atoms with Gasteiger partial charge in [0.05, 0.1) is 23.4 Å². The molecule has 0 spiro atoms. The second-order valence-corrected chi connectivity index (χ2v) is 9.67. The first kappa shape index (κ1) is 26.5. The molecule has 0 atom stereocenters. The van der Waals surface area contributed by atoms with Crippen LogP contribution in [0.1, 0.15) is 60.7 Å². The van der Waals surface area contributed by atoms with Crippen LogP contribution in [0.15, 0.2) is 34.9 Å². The molecule has 0 unspecified atom stereocenters. The number of piperidine rings is 1. The topological polar surface area (TPSA) is 111 Å². The lowest BCUT2D eigenvalue weighted by atomic mass is 9.89. The van der Waals surface area contributed by atoms with E-state index in [1.165, 1.54) is 6.07 Å². The fraction of sp³-hybridized carbons (Fsp3) is 0.393. The number of aromatic nitrogens is 6. The summed E-state index contributed by atoms with van der Waals surface area (Å²) in [5, 5.41) is 8.52. The van der Waals surface area contributed by atoms with Crippen LogP contribution in [0.25, 0.3) is 23.0 Å². The lowest BCUT2D eigenvalue weighted by molar-refractivity contribution is -0.131. The first-order chi connectivity index (χ1) is 18.8. The Labute approximate surface area is 224 Å². The molecule has 1 aromatic carbocycles. The highest BCUT2D eigenvalue weighted by atomic mass is 19.1. The zero-order valence-electron chi connectivity index (χ0n) is 22.1. The van der Waals surface area contributed by atoms with Gasteiger partial charge in [-0.15, -0.1) is 10.2 Å². The van der Waals surface area contributed by atoms with Gasteiger partial charge in [-0.25, -0.2) is 28.7 Å². The van der Waals surface area contributed by atoms with E-state index in [4.69, 9.17) is 9.40 Å². The van der Waals surface area contributed by atoms with Crippen LogP contribution in [0.2, 0.25) is 0 Å². The fourth-order valence-corrected chi connectivity index (χ4v) is 4.96. The van der Waals surface area contributed by atoms with Gasteiger partial charge in [0.15, 0.2) is 0 Å². The van der Waals surface area contributed by atoms with Gasteiger partial charge in [0, 0.05) is 37.2 Å². The first-order valence-corrected chi connectivity index (χ1v) is 13.1. The van der Waals surface area contributed by atoms with Crippen molar-refractivity contribution in [1.82, 2.24) is 35.0 Å². The average Bonchev–Trinajstić information content (AvgIpc) is 3.41. The van der Waals surface area contributed by atoms with Gasteiger partial charge in [-0.3, -0.25) is 4.79 Å². The highest BCUT2D eigenvalue weighted by molar-refractivity contribution is 5.79. The van der Waals surface area contributed by atoms with Crippen LogP contribution >= 0.6 is 0 Å². The molecule has 0 N–H and O–H groups in total. The maximum Gasteiger partial charge on any atom is 0.266 e. The first-order valence-electron chi connectivity index (χ1n) is 13.1. The minimum atomic E-state index is -0.711. The number of carbonyl (C=O) groups is 1. The van der Waals surface area contributed by atoms with Crippen molar-refractivity contribution in [3.05, 3.63) is 70.7 Å². The molecule has 9 nitrogen and oxygen atoms in total. The number of hydrogen-bond donors (Lipinski definition) is 0. The van der Waals surface area contributed by atoms with Crippen LogP contribution in [0.3, 0.4) is 0 Å². The molecule has 3 aromatic heterocycles. The van der Waals surface area contributed by atoms with Crippen LogP contribution in [0.4, 0.5) is 8.78 Å². The summed E-state index contributed by atoms with van der Waals surface area (Å²) in [5.74, 6) is 0.221. The summed E-state index contributed by atoms with van der Waals surface area (Å²) in [6, 6.07) is 5.35. The van der Waals surface area contributed by atoms with Gasteiger partial charge in [-0.05, 0) is 51.3 Å². The Morgan fingerprint density at radius 1 is 1.03 bits per heavy atom. The summed E-state index contributed by atoms with van der Waals surface area (Å²) in [6.07, 6.45) is 4.29. The van der Waals surface area contributed by atoms with Crippen molar-refractivity contribution in [2.75, 3.05) is 13.1 Å². The van der Waals surface area contributed by atoms with Crippen molar-refractivity contribution < 1.29 is 18.0 Å². The molecule has 0 aliphatic carbocycles. The van der Waals surface area contributed by atoms with Gasteiger partial charge in [0.1, 0.15) is 29.0 Å². The summed E-state index contributed by atoms with van der Waals surface area (Å²) >= 11 is 0. The molecule has 5 rings (SSSR count). The van der Waals surface area contributed by atoms with Crippen molar-refractivity contribution in [2.45, 2.75) is 58.8 Å². The van der Waals surface area contributed by atoms with E-state index in [1.807, 2.05) is 13.8 Å². The van der Waals surface area contributed by atoms with Crippen LogP contribution < -0.4 is 0 Å². The highest BCUT2D eigenvalue weighted by Crippen LogP contribution is 2.36. The molecular formula is C28H29F2N7O2. The Hall–Kier alpha value is -4.15. The average molecular weight is 534 g/mol. The normalized spacial score (nSPS) is 14.1. The van der Waals surface area contributed by atoms with Gasteiger partial charge < -0.3 is 9.32 Å². The molecule has 0 bridgehead atoms. The Morgan fingerprint density at radius 3 is 2.46 bits per heavy atom. The molecule has 1 aliphatic heterocycles. The molecule has 0 radical (unpaired) electrons. The van der Waals surface area contributed by atoms with E-state index in [9.17, 15) is 13.6 Å². The van der Waals surface area contributed by atoms with Crippen LogP contribution in [0, 0.1) is 25.5 Å². The Balaban J connectivity index is 1.35. The minimum absolute atomic E-state index is 0.0141. The SMILES string of the molecule is CCCc1nccc(-c2nnc(-c3c(C)nc(C)nc3C3CCN(C(=O)Cc4c(F)cccc4F)CC3)o2)n1. The second-order valence-electron chi connectivity index (χ2n) is 9.67. The van der Waals surface area contributed by atoms with Crippen LogP contribution in [-0.2, 0) is 17.6 Å². The zero-order valence-corrected chi connectivity index (χ0v) is 22.1. The molecular weight excluding hydrogens is 504 g/mol. The third-order valence-corrected chi connectivity index (χ3v) is 6.89. The molecule has 202 valence electrons. The Kier molecular flexibility index (Phi) is 7.67. The Morgan fingerprint density at radius 2 is 1.74 bits per heavy atom. The lowest BCUT2D eigenvalue weighted by Gasteiger charge is -2.32. The molecule has 4 heterocycles. The summed E-state index contributed by atoms with van der Waals surface area (Å²) < 4.78 is 34.2. The van der Waals surface area contributed by atoms with E-state index in [0.717, 1.165) is 36.4 Å². The van der Waals surface area contributed by atoms with E-state index in [0.29, 0.717) is 54.7 Å². The third-order valence-electron chi connectivity index (χ3n) is 6.89. The molecule has 1 amide bonds. The van der Waals surface area contributed by atoms with Crippen LogP contribution in [-0.4, -0.2) is 54.0 Å². The van der Waals surface area contributed by atoms with Crippen molar-refractivity contribution in [2.24, 2.45) is 0 Å². The van der Waals surface area contributed by atoms with Gasteiger partial charge in [0.25, 0.3) is 11.8 Å². The molecule has 0 saturated carbocycles. The minimum Gasteiger partial charge on any atom is -0.414 e. The van der Waals surface area contributed by atoms with Gasteiger partial charge in [0.2, 0.25) is 5.91 Å².